The highest BCUT2D eigenvalue weighted by molar-refractivity contribution is 5.38. The molecule has 1 aliphatic rings. The number of unbranched alkanes of at least 4 members (excludes halogenated alkanes) is 2. The summed E-state index contributed by atoms with van der Waals surface area (Å²) in [4.78, 5) is 0. The lowest BCUT2D eigenvalue weighted by molar-refractivity contribution is -0.280. The molecule has 4 heteroatoms. The number of ether oxygens (including phenoxy) is 2. The van der Waals surface area contributed by atoms with Gasteiger partial charge in [-0.2, -0.15) is 0 Å². The van der Waals surface area contributed by atoms with Crippen molar-refractivity contribution in [1.29, 1.82) is 0 Å². The first-order valence-electron chi connectivity index (χ1n) is 7.37. The first kappa shape index (κ1) is 15.9. The van der Waals surface area contributed by atoms with Crippen molar-refractivity contribution in [3.8, 4) is 12.3 Å². The fraction of sp³-hybridized carbons (Fsp3) is 0.529. The van der Waals surface area contributed by atoms with Crippen LogP contribution in [-0.4, -0.2) is 13.2 Å². The maximum absolute atomic E-state index is 13.9. The van der Waals surface area contributed by atoms with E-state index in [4.69, 9.17) is 15.9 Å². The van der Waals surface area contributed by atoms with E-state index in [1.54, 1.807) is 0 Å². The van der Waals surface area contributed by atoms with Gasteiger partial charge >= 0.3 is 0 Å². The number of rotatable bonds is 5. The van der Waals surface area contributed by atoms with Crippen LogP contribution in [0.5, 0.6) is 0 Å². The maximum atomic E-state index is 13.9. The Labute approximate surface area is 124 Å². The summed E-state index contributed by atoms with van der Waals surface area (Å²) in [6.45, 7) is 3.13. The second kappa shape index (κ2) is 7.02. The minimum absolute atomic E-state index is 0.349. The maximum Gasteiger partial charge on any atom is 0.194 e. The van der Waals surface area contributed by atoms with Gasteiger partial charge in [0.15, 0.2) is 5.79 Å². The number of terminal acetylenes is 1. The molecule has 1 fully saturated rings. The minimum Gasteiger partial charge on any atom is -0.346 e. The summed E-state index contributed by atoms with van der Waals surface area (Å²) in [5.41, 5.74) is 0.0190. The van der Waals surface area contributed by atoms with Crippen molar-refractivity contribution in [2.75, 3.05) is 13.2 Å². The van der Waals surface area contributed by atoms with E-state index in [0.717, 1.165) is 25.7 Å². The van der Waals surface area contributed by atoms with Gasteiger partial charge in [-0.15, -0.1) is 6.42 Å². The van der Waals surface area contributed by atoms with Gasteiger partial charge in [0.1, 0.15) is 11.6 Å². The predicted octanol–water partition coefficient (Wildman–Crippen LogP) is 4.12. The monoisotopic (exact) mass is 294 g/mol. The van der Waals surface area contributed by atoms with Gasteiger partial charge in [-0.3, -0.25) is 0 Å². The van der Waals surface area contributed by atoms with Gasteiger partial charge in [0, 0.05) is 12.0 Å². The lowest BCUT2D eigenvalue weighted by Gasteiger charge is -2.38. The molecular formula is C17H20F2O2. The zero-order valence-electron chi connectivity index (χ0n) is 12.3. The highest BCUT2D eigenvalue weighted by Crippen LogP contribution is 2.37. The Morgan fingerprint density at radius 3 is 2.33 bits per heavy atom. The first-order chi connectivity index (χ1) is 10.1. The van der Waals surface area contributed by atoms with E-state index in [1.165, 1.54) is 12.1 Å². The fourth-order valence-corrected chi connectivity index (χ4v) is 2.57. The summed E-state index contributed by atoms with van der Waals surface area (Å²) in [5, 5.41) is 0. The first-order valence-corrected chi connectivity index (χ1v) is 7.37. The van der Waals surface area contributed by atoms with Crippen LogP contribution in [0.1, 0.15) is 50.2 Å². The normalized spacial score (nSPS) is 17.4. The summed E-state index contributed by atoms with van der Waals surface area (Å²) in [5.74, 6) is -0.526. The molecule has 0 spiro atoms. The van der Waals surface area contributed by atoms with Crippen molar-refractivity contribution in [3.63, 3.8) is 0 Å². The van der Waals surface area contributed by atoms with Crippen LogP contribution in [0, 0.1) is 24.0 Å². The van der Waals surface area contributed by atoms with E-state index in [0.29, 0.717) is 25.2 Å². The van der Waals surface area contributed by atoms with Crippen molar-refractivity contribution in [3.05, 3.63) is 34.9 Å². The SMILES string of the molecule is C#Cc1c(F)cc(C2(CCCCC)OCCCO2)cc1F. The topological polar surface area (TPSA) is 18.5 Å². The van der Waals surface area contributed by atoms with Crippen LogP contribution >= 0.6 is 0 Å². The molecule has 0 saturated carbocycles. The van der Waals surface area contributed by atoms with Crippen LogP contribution in [0.15, 0.2) is 12.1 Å². The van der Waals surface area contributed by atoms with Crippen molar-refractivity contribution in [1.82, 2.24) is 0 Å². The molecule has 1 saturated heterocycles. The zero-order chi connectivity index (χ0) is 15.3. The second-order valence-electron chi connectivity index (χ2n) is 5.22. The number of benzene rings is 1. The Morgan fingerprint density at radius 2 is 1.81 bits per heavy atom. The van der Waals surface area contributed by atoms with Crippen LogP contribution < -0.4 is 0 Å². The van der Waals surface area contributed by atoms with Crippen LogP contribution in [-0.2, 0) is 15.3 Å². The Hall–Kier alpha value is -1.44. The van der Waals surface area contributed by atoms with Crippen molar-refractivity contribution in [2.24, 2.45) is 0 Å². The van der Waals surface area contributed by atoms with Gasteiger partial charge in [0.25, 0.3) is 0 Å². The summed E-state index contributed by atoms with van der Waals surface area (Å²) in [7, 11) is 0. The van der Waals surface area contributed by atoms with E-state index < -0.39 is 17.4 Å². The predicted molar refractivity (Wildman–Crippen MR) is 76.6 cm³/mol. The highest BCUT2D eigenvalue weighted by Gasteiger charge is 2.37. The molecule has 114 valence electrons. The molecule has 0 N–H and O–H groups in total. The molecule has 0 unspecified atom stereocenters. The zero-order valence-corrected chi connectivity index (χ0v) is 12.3. The average molecular weight is 294 g/mol. The third kappa shape index (κ3) is 3.42. The Kier molecular flexibility index (Phi) is 5.33. The molecule has 0 aromatic heterocycles. The van der Waals surface area contributed by atoms with Crippen LogP contribution in [0.3, 0.4) is 0 Å². The van der Waals surface area contributed by atoms with E-state index in [-0.39, 0.29) is 5.56 Å². The third-order valence-corrected chi connectivity index (χ3v) is 3.69. The number of halogens is 2. The smallest absolute Gasteiger partial charge is 0.194 e. The number of hydrogen-bond donors (Lipinski definition) is 0. The molecule has 1 heterocycles. The number of hydrogen-bond acceptors (Lipinski definition) is 2. The Balaban J connectivity index is 2.34. The lowest BCUT2D eigenvalue weighted by atomic mass is 9.96. The second-order valence-corrected chi connectivity index (χ2v) is 5.22. The molecule has 0 radical (unpaired) electrons. The largest absolute Gasteiger partial charge is 0.346 e. The lowest BCUT2D eigenvalue weighted by Crippen LogP contribution is -2.38. The van der Waals surface area contributed by atoms with Gasteiger partial charge in [0.05, 0.1) is 18.8 Å². The molecule has 0 aliphatic carbocycles. The standard InChI is InChI=1S/C17H20F2O2/c1-3-5-6-8-17(20-9-7-10-21-17)13-11-15(18)14(4-2)16(19)12-13/h2,11-12H,3,5-10H2,1H3. The molecule has 0 atom stereocenters. The van der Waals surface area contributed by atoms with Gasteiger partial charge in [-0.05, 0) is 25.0 Å². The highest BCUT2D eigenvalue weighted by atomic mass is 19.1. The fourth-order valence-electron chi connectivity index (χ4n) is 2.57. The minimum atomic E-state index is -1.05. The van der Waals surface area contributed by atoms with Gasteiger partial charge in [-0.25, -0.2) is 8.78 Å². The molecule has 0 bridgehead atoms. The van der Waals surface area contributed by atoms with Crippen LogP contribution in [0.25, 0.3) is 0 Å². The summed E-state index contributed by atoms with van der Waals surface area (Å²) in [6, 6.07) is 2.46. The molecule has 1 aromatic rings. The van der Waals surface area contributed by atoms with Gasteiger partial charge in [0.2, 0.25) is 0 Å². The summed E-state index contributed by atoms with van der Waals surface area (Å²) < 4.78 is 39.4. The van der Waals surface area contributed by atoms with E-state index in [9.17, 15) is 8.78 Å². The molecule has 2 nitrogen and oxygen atoms in total. The summed E-state index contributed by atoms with van der Waals surface area (Å²) >= 11 is 0. The van der Waals surface area contributed by atoms with Crippen molar-refractivity contribution >= 4 is 0 Å². The average Bonchev–Trinajstić information content (AvgIpc) is 2.48. The van der Waals surface area contributed by atoms with E-state index in [2.05, 4.69) is 6.92 Å². The molecule has 1 aromatic carbocycles. The Morgan fingerprint density at radius 1 is 1.19 bits per heavy atom. The summed E-state index contributed by atoms with van der Waals surface area (Å²) in [6.07, 6.45) is 9.42. The molecule has 21 heavy (non-hydrogen) atoms. The van der Waals surface area contributed by atoms with E-state index in [1.807, 2.05) is 5.92 Å². The molecule has 2 rings (SSSR count). The van der Waals surface area contributed by atoms with Crippen LogP contribution in [0.2, 0.25) is 0 Å². The van der Waals surface area contributed by atoms with Gasteiger partial charge < -0.3 is 9.47 Å². The third-order valence-electron chi connectivity index (χ3n) is 3.69. The molecule has 0 amide bonds. The molecular weight excluding hydrogens is 274 g/mol. The quantitative estimate of drug-likeness (QED) is 0.601. The van der Waals surface area contributed by atoms with E-state index >= 15 is 0 Å². The molecule has 1 aliphatic heterocycles. The van der Waals surface area contributed by atoms with Gasteiger partial charge in [-0.1, -0.05) is 25.7 Å². The van der Waals surface area contributed by atoms with Crippen molar-refractivity contribution < 1.29 is 18.3 Å². The van der Waals surface area contributed by atoms with Crippen LogP contribution in [0.4, 0.5) is 8.78 Å². The Bertz CT molecular complexity index is 505. The van der Waals surface area contributed by atoms with Crippen molar-refractivity contribution in [2.45, 2.75) is 44.8 Å².